The van der Waals surface area contributed by atoms with Crippen LogP contribution in [0.25, 0.3) is 0 Å². The van der Waals surface area contributed by atoms with Crippen LogP contribution in [0.3, 0.4) is 0 Å². The van der Waals surface area contributed by atoms with E-state index in [2.05, 4.69) is 19.9 Å². The van der Waals surface area contributed by atoms with Gasteiger partial charge in [0, 0.05) is 43.4 Å². The van der Waals surface area contributed by atoms with Gasteiger partial charge >= 0.3 is 0 Å². The molecular formula is C14H15N5O. The molecule has 0 saturated carbocycles. The molecule has 0 aliphatic heterocycles. The number of carbonyl (C=O) groups is 1. The third-order valence-corrected chi connectivity index (χ3v) is 1.89. The summed E-state index contributed by atoms with van der Waals surface area (Å²) in [5.74, 6) is -0.622. The van der Waals surface area contributed by atoms with E-state index >= 15 is 0 Å². The molecule has 6 nitrogen and oxygen atoms in total. The van der Waals surface area contributed by atoms with E-state index in [-0.39, 0.29) is 5.69 Å². The van der Waals surface area contributed by atoms with Crippen molar-refractivity contribution in [2.75, 3.05) is 0 Å². The Bertz CT molecular complexity index is 551. The van der Waals surface area contributed by atoms with Gasteiger partial charge in [-0.05, 0) is 18.2 Å². The fraction of sp³-hybridized carbons (Fsp3) is 0. The lowest BCUT2D eigenvalue weighted by Gasteiger charge is -1.85. The number of H-pyrrole nitrogens is 1. The first kappa shape index (κ1) is 15.0. The number of amides is 1. The molecule has 6 heteroatoms. The van der Waals surface area contributed by atoms with Gasteiger partial charge in [0.25, 0.3) is 5.91 Å². The molecule has 1 rings (SSSR count). The van der Waals surface area contributed by atoms with Crippen LogP contribution in [0.15, 0.2) is 73.7 Å². The maximum absolute atomic E-state index is 11.1. The van der Waals surface area contributed by atoms with Gasteiger partial charge in [-0.1, -0.05) is 12.1 Å². The molecule has 0 bridgehead atoms. The SMILES string of the molecule is NC(=O)c1ccnccncc[nH]ccccccn1. The van der Waals surface area contributed by atoms with Gasteiger partial charge in [-0.2, -0.15) is 0 Å². The minimum Gasteiger partial charge on any atom is -0.366 e. The lowest BCUT2D eigenvalue weighted by Crippen LogP contribution is -2.11. The van der Waals surface area contributed by atoms with E-state index in [1.165, 1.54) is 30.9 Å². The summed E-state index contributed by atoms with van der Waals surface area (Å²) in [5, 5.41) is 0. The van der Waals surface area contributed by atoms with Crippen LogP contribution in [0.5, 0.6) is 0 Å². The van der Waals surface area contributed by atoms with Gasteiger partial charge in [-0.25, -0.2) is 0 Å². The summed E-state index contributed by atoms with van der Waals surface area (Å²) < 4.78 is 0. The van der Waals surface area contributed by atoms with Gasteiger partial charge < -0.3 is 10.7 Å². The van der Waals surface area contributed by atoms with Crippen molar-refractivity contribution >= 4 is 5.91 Å². The van der Waals surface area contributed by atoms with E-state index in [1.807, 2.05) is 0 Å². The summed E-state index contributed by atoms with van der Waals surface area (Å²) in [6.07, 6.45) is 10.9. The quantitative estimate of drug-likeness (QED) is 0.810. The number of hydrogen-bond donors (Lipinski definition) is 2. The highest BCUT2D eigenvalue weighted by Gasteiger charge is 1.94. The van der Waals surface area contributed by atoms with Crippen molar-refractivity contribution in [2.24, 2.45) is 5.73 Å². The summed E-state index contributed by atoms with van der Waals surface area (Å²) in [6.45, 7) is 0. The molecule has 0 aliphatic carbocycles. The molecule has 1 aromatic heterocycles. The van der Waals surface area contributed by atoms with E-state index in [1.54, 1.807) is 42.9 Å². The van der Waals surface area contributed by atoms with Crippen molar-refractivity contribution in [3.05, 3.63) is 79.4 Å². The van der Waals surface area contributed by atoms with Gasteiger partial charge in [0.1, 0.15) is 5.69 Å². The lowest BCUT2D eigenvalue weighted by atomic mass is 10.4. The molecule has 0 spiro atoms. The third-order valence-electron chi connectivity index (χ3n) is 1.89. The molecule has 3 N–H and O–H groups in total. The Morgan fingerprint density at radius 1 is 0.900 bits per heavy atom. The van der Waals surface area contributed by atoms with Crippen LogP contribution in [-0.4, -0.2) is 25.8 Å². The number of aromatic nitrogens is 4. The molecule has 0 atom stereocenters. The fourth-order valence-electron chi connectivity index (χ4n) is 1.03. The number of nitrogens with zero attached hydrogens (tertiary/aromatic N) is 3. The average Bonchev–Trinajstić information content (AvgIpc) is 2.43. The molecule has 0 saturated heterocycles. The number of nitrogens with two attached hydrogens (primary N) is 1. The van der Waals surface area contributed by atoms with Crippen LogP contribution >= 0.6 is 0 Å². The number of rotatable bonds is 1. The van der Waals surface area contributed by atoms with Gasteiger partial charge in [0.15, 0.2) is 0 Å². The Hall–Kier alpha value is -3.02. The molecule has 1 heterocycles. The Morgan fingerprint density at radius 3 is 2.45 bits per heavy atom. The maximum atomic E-state index is 11.1. The number of carbonyl (C=O) groups excluding carboxylic acids is 1. The largest absolute Gasteiger partial charge is 0.366 e. The lowest BCUT2D eigenvalue weighted by molar-refractivity contribution is 0.0995. The summed E-state index contributed by atoms with van der Waals surface area (Å²) in [7, 11) is 0. The minimum atomic E-state index is -0.622. The van der Waals surface area contributed by atoms with Gasteiger partial charge in [-0.15, -0.1) is 0 Å². The summed E-state index contributed by atoms with van der Waals surface area (Å²) in [6, 6.07) is 8.48. The van der Waals surface area contributed by atoms with Gasteiger partial charge in [0.2, 0.25) is 0 Å². The van der Waals surface area contributed by atoms with Crippen LogP contribution < -0.4 is 5.73 Å². The molecule has 20 heavy (non-hydrogen) atoms. The predicted octanol–water partition coefficient (Wildman–Crippen LogP) is 1.67. The zero-order valence-electron chi connectivity index (χ0n) is 10.8. The molecule has 1 amide bonds. The van der Waals surface area contributed by atoms with Crippen LogP contribution in [-0.2, 0) is 0 Å². The first-order valence-electron chi connectivity index (χ1n) is 5.79. The first-order valence-corrected chi connectivity index (χ1v) is 5.79. The maximum Gasteiger partial charge on any atom is 0.267 e. The average molecular weight is 269 g/mol. The summed E-state index contributed by atoms with van der Waals surface area (Å²) >= 11 is 0. The molecule has 0 fully saturated rings. The molecule has 0 radical (unpaired) electrons. The van der Waals surface area contributed by atoms with Crippen LogP contribution in [0.2, 0.25) is 0 Å². The Labute approximate surface area is 116 Å². The van der Waals surface area contributed by atoms with Crippen LogP contribution in [0.4, 0.5) is 0 Å². The Morgan fingerprint density at radius 2 is 1.65 bits per heavy atom. The predicted molar refractivity (Wildman–Crippen MR) is 75.6 cm³/mol. The molecule has 102 valence electrons. The smallest absolute Gasteiger partial charge is 0.267 e. The van der Waals surface area contributed by atoms with Gasteiger partial charge in [0.05, 0.1) is 0 Å². The normalized spacial score (nSPS) is 8.40. The minimum absolute atomic E-state index is 0.116. The van der Waals surface area contributed by atoms with Crippen molar-refractivity contribution in [2.45, 2.75) is 0 Å². The second kappa shape index (κ2) is 9.95. The standard InChI is InChI=1S/C14H15N5O/c15-14(20)13-5-8-17-10-12-18-11-9-16-6-3-1-2-4-7-19-13/h1-12,16H,(H2,15,20). The topological polar surface area (TPSA) is 97.5 Å². The number of hydrogen-bond acceptors (Lipinski definition) is 4. The van der Waals surface area contributed by atoms with Crippen molar-refractivity contribution in [1.29, 1.82) is 0 Å². The van der Waals surface area contributed by atoms with Crippen molar-refractivity contribution < 1.29 is 4.79 Å². The van der Waals surface area contributed by atoms with Crippen molar-refractivity contribution in [3.8, 4) is 0 Å². The molecule has 0 aliphatic rings. The zero-order chi connectivity index (χ0) is 14.5. The Balaban J connectivity index is 3.25. The third kappa shape index (κ3) is 7.33. The summed E-state index contributed by atoms with van der Waals surface area (Å²) in [5.41, 5.74) is 5.31. The molecular weight excluding hydrogens is 254 g/mol. The highest BCUT2D eigenvalue weighted by atomic mass is 16.1. The molecule has 0 aromatic carbocycles. The highest BCUT2D eigenvalue weighted by molar-refractivity contribution is 5.90. The highest BCUT2D eigenvalue weighted by Crippen LogP contribution is 1.84. The number of nitrogens with one attached hydrogen (secondary N) is 1. The fourth-order valence-corrected chi connectivity index (χ4v) is 1.03. The van der Waals surface area contributed by atoms with Crippen LogP contribution in [0, 0.1) is 0 Å². The number of primary amides is 1. The second-order valence-electron chi connectivity index (χ2n) is 3.36. The van der Waals surface area contributed by atoms with Crippen LogP contribution in [0.1, 0.15) is 10.5 Å². The van der Waals surface area contributed by atoms with Crippen molar-refractivity contribution in [3.63, 3.8) is 0 Å². The second-order valence-corrected chi connectivity index (χ2v) is 3.36. The van der Waals surface area contributed by atoms with Crippen molar-refractivity contribution in [1.82, 2.24) is 19.9 Å². The first-order chi connectivity index (χ1) is 9.80. The zero-order valence-corrected chi connectivity index (χ0v) is 10.8. The van der Waals surface area contributed by atoms with E-state index in [0.717, 1.165) is 0 Å². The van der Waals surface area contributed by atoms with Gasteiger partial charge in [-0.3, -0.25) is 19.7 Å². The summed E-state index contributed by atoms with van der Waals surface area (Å²) in [4.78, 5) is 25.8. The van der Waals surface area contributed by atoms with E-state index in [4.69, 9.17) is 5.73 Å². The molecule has 1 aromatic rings. The van der Waals surface area contributed by atoms with E-state index in [9.17, 15) is 4.79 Å². The van der Waals surface area contributed by atoms with E-state index < -0.39 is 5.91 Å². The monoisotopic (exact) mass is 269 g/mol. The number of aromatic amines is 1. The Kier molecular flexibility index (Phi) is 7.49. The van der Waals surface area contributed by atoms with E-state index in [0.29, 0.717) is 0 Å². The molecule has 0 unspecified atom stereocenters.